The van der Waals surface area contributed by atoms with Crippen molar-refractivity contribution in [3.8, 4) is 5.69 Å². The normalized spacial score (nSPS) is 18.4. The summed E-state index contributed by atoms with van der Waals surface area (Å²) in [6, 6.07) is 9.79. The van der Waals surface area contributed by atoms with Crippen molar-refractivity contribution in [1.29, 1.82) is 0 Å². The third-order valence-corrected chi connectivity index (χ3v) is 6.25. The lowest BCUT2D eigenvalue weighted by atomic mass is 9.94. The maximum absolute atomic E-state index is 15.4. The van der Waals surface area contributed by atoms with Crippen molar-refractivity contribution < 1.29 is 14.3 Å². The van der Waals surface area contributed by atoms with Crippen molar-refractivity contribution >= 4 is 17.5 Å². The van der Waals surface area contributed by atoms with Crippen molar-refractivity contribution in [2.75, 3.05) is 42.9 Å². The number of nitrogens with zero attached hydrogens (tertiary/aromatic N) is 6. The predicted molar refractivity (Wildman–Crippen MR) is 131 cm³/mol. The zero-order valence-electron chi connectivity index (χ0n) is 19.7. The molecule has 1 fully saturated rings. The number of amides is 1. The summed E-state index contributed by atoms with van der Waals surface area (Å²) in [6.07, 6.45) is 4.97. The first-order chi connectivity index (χ1) is 16.9. The fraction of sp³-hybridized carbons (Fsp3) is 0.417. The van der Waals surface area contributed by atoms with Crippen LogP contribution < -0.4 is 16.0 Å². The van der Waals surface area contributed by atoms with Crippen LogP contribution in [0.2, 0.25) is 0 Å². The van der Waals surface area contributed by atoms with E-state index in [4.69, 9.17) is 5.73 Å². The van der Waals surface area contributed by atoms with E-state index >= 15 is 4.39 Å². The number of carbonyl (C=O) groups excluding carboxylic acids is 1. The minimum atomic E-state index is -0.642. The fourth-order valence-electron chi connectivity index (χ4n) is 4.31. The molecule has 1 aliphatic heterocycles. The lowest BCUT2D eigenvalue weighted by Crippen LogP contribution is -2.48. The Labute approximate surface area is 203 Å². The predicted octanol–water partition coefficient (Wildman–Crippen LogP) is 1.41. The highest BCUT2D eigenvalue weighted by Gasteiger charge is 2.28. The summed E-state index contributed by atoms with van der Waals surface area (Å²) in [4.78, 5) is 23.1. The zero-order chi connectivity index (χ0) is 24.8. The molecule has 3 aromatic rings. The number of nitrogens with two attached hydrogens (primary N) is 1. The van der Waals surface area contributed by atoms with Crippen LogP contribution >= 0.6 is 0 Å². The Morgan fingerprint density at radius 3 is 2.77 bits per heavy atom. The van der Waals surface area contributed by atoms with Crippen molar-refractivity contribution in [2.24, 2.45) is 11.7 Å². The van der Waals surface area contributed by atoms with Gasteiger partial charge >= 0.3 is 0 Å². The van der Waals surface area contributed by atoms with Crippen molar-refractivity contribution in [3.05, 3.63) is 60.4 Å². The molecule has 3 heterocycles. The molecule has 10 nitrogen and oxygen atoms in total. The fourth-order valence-corrected chi connectivity index (χ4v) is 4.31. The molecule has 35 heavy (non-hydrogen) atoms. The Balaban J connectivity index is 1.39. The van der Waals surface area contributed by atoms with Gasteiger partial charge in [-0.1, -0.05) is 12.1 Å². The number of hydrogen-bond acceptors (Lipinski definition) is 8. The number of aliphatic hydroxyl groups excluding tert-OH is 1. The number of aliphatic hydroxyl groups is 1. The van der Waals surface area contributed by atoms with Crippen LogP contribution in [0.3, 0.4) is 0 Å². The van der Waals surface area contributed by atoms with Gasteiger partial charge in [0.25, 0.3) is 0 Å². The second-order valence-electron chi connectivity index (χ2n) is 8.69. The number of anilines is 2. The molecule has 1 amide bonds. The smallest absolute Gasteiger partial charge is 0.231 e. The Hall–Kier alpha value is -3.57. The Morgan fingerprint density at radius 2 is 2.11 bits per heavy atom. The largest absolute Gasteiger partial charge is 0.391 e. The number of β-amino-alcohol motifs (C(OH)–C–C–N with tert-alkyl or cyclic N) is 1. The second-order valence-corrected chi connectivity index (χ2v) is 8.69. The van der Waals surface area contributed by atoms with Crippen LogP contribution in [0.15, 0.2) is 49.1 Å². The first-order valence-electron chi connectivity index (χ1n) is 11.7. The van der Waals surface area contributed by atoms with Gasteiger partial charge in [0, 0.05) is 44.5 Å². The number of benzene rings is 1. The van der Waals surface area contributed by atoms with E-state index in [2.05, 4.69) is 20.4 Å². The molecule has 0 aliphatic carbocycles. The highest BCUT2D eigenvalue weighted by atomic mass is 19.1. The summed E-state index contributed by atoms with van der Waals surface area (Å²) >= 11 is 0. The van der Waals surface area contributed by atoms with E-state index in [0.717, 1.165) is 11.3 Å². The molecular weight excluding hydrogens is 451 g/mol. The van der Waals surface area contributed by atoms with Gasteiger partial charge in [0.15, 0.2) is 11.6 Å². The molecule has 0 bridgehead atoms. The Bertz CT molecular complexity index is 1110. The van der Waals surface area contributed by atoms with E-state index in [1.807, 2.05) is 53.3 Å². The first-order valence-corrected chi connectivity index (χ1v) is 11.7. The number of hydrogen-bond donors (Lipinski definition) is 3. The molecule has 2 unspecified atom stereocenters. The molecule has 0 spiro atoms. The van der Waals surface area contributed by atoms with Crippen LogP contribution in [0.5, 0.6) is 0 Å². The van der Waals surface area contributed by atoms with E-state index in [9.17, 15) is 9.90 Å². The average molecular weight is 483 g/mol. The van der Waals surface area contributed by atoms with Crippen LogP contribution in [0.25, 0.3) is 5.69 Å². The number of likely N-dealkylation sites (tertiary alicyclic amines) is 1. The van der Waals surface area contributed by atoms with E-state index in [-0.39, 0.29) is 24.1 Å². The number of nitrogens with one attached hydrogen (secondary N) is 1. The lowest BCUT2D eigenvalue weighted by Gasteiger charge is -2.35. The summed E-state index contributed by atoms with van der Waals surface area (Å²) in [7, 11) is 0. The molecule has 186 valence electrons. The summed E-state index contributed by atoms with van der Waals surface area (Å²) in [5.74, 6) is -0.707. The van der Waals surface area contributed by atoms with E-state index in [1.54, 1.807) is 10.9 Å². The van der Waals surface area contributed by atoms with Crippen LogP contribution in [-0.4, -0.2) is 74.5 Å². The van der Waals surface area contributed by atoms with Gasteiger partial charge in [-0.05, 0) is 43.7 Å². The summed E-state index contributed by atoms with van der Waals surface area (Å²) in [6.45, 7) is 4.48. The van der Waals surface area contributed by atoms with E-state index in [0.29, 0.717) is 39.1 Å². The number of halogens is 1. The van der Waals surface area contributed by atoms with Gasteiger partial charge in [-0.3, -0.25) is 9.69 Å². The number of aromatic nitrogens is 4. The van der Waals surface area contributed by atoms with Crippen molar-refractivity contribution in [2.45, 2.75) is 26.0 Å². The molecule has 1 saturated heterocycles. The quantitative estimate of drug-likeness (QED) is 0.396. The van der Waals surface area contributed by atoms with Crippen molar-refractivity contribution in [1.82, 2.24) is 24.6 Å². The lowest BCUT2D eigenvalue weighted by molar-refractivity contribution is -0.120. The summed E-state index contributed by atoms with van der Waals surface area (Å²) in [5, 5.41) is 17.7. The molecule has 4 N–H and O–H groups in total. The molecule has 0 radical (unpaired) electrons. The van der Waals surface area contributed by atoms with E-state index < -0.39 is 17.8 Å². The van der Waals surface area contributed by atoms with E-state index in [1.165, 1.54) is 6.33 Å². The molecule has 2 aromatic heterocycles. The molecule has 1 aromatic carbocycles. The number of rotatable bonds is 10. The van der Waals surface area contributed by atoms with Crippen LogP contribution in [-0.2, 0) is 11.3 Å². The number of primary amides is 1. The van der Waals surface area contributed by atoms with Gasteiger partial charge in [-0.2, -0.15) is 9.49 Å². The highest BCUT2D eigenvalue weighted by Crippen LogP contribution is 2.25. The van der Waals surface area contributed by atoms with Crippen LogP contribution in [0.1, 0.15) is 18.9 Å². The summed E-state index contributed by atoms with van der Waals surface area (Å²) in [5.41, 5.74) is 7.21. The third kappa shape index (κ3) is 6.11. The van der Waals surface area contributed by atoms with Gasteiger partial charge < -0.3 is 21.1 Å². The zero-order valence-corrected chi connectivity index (χ0v) is 19.7. The van der Waals surface area contributed by atoms with Gasteiger partial charge in [0.05, 0.1) is 18.3 Å². The Morgan fingerprint density at radius 1 is 1.31 bits per heavy atom. The molecule has 0 saturated carbocycles. The molecule has 11 heteroatoms. The van der Waals surface area contributed by atoms with Gasteiger partial charge in [-0.15, -0.1) is 0 Å². The highest BCUT2D eigenvalue weighted by molar-refractivity contribution is 5.75. The maximum Gasteiger partial charge on any atom is 0.231 e. The summed E-state index contributed by atoms with van der Waals surface area (Å²) < 4.78 is 17.1. The Kier molecular flexibility index (Phi) is 7.88. The average Bonchev–Trinajstić information content (AvgIpc) is 3.38. The monoisotopic (exact) mass is 482 g/mol. The SMILES string of the molecule is CCN(Cc1ccc(-n2cccn2)cc1)c1ncnc(NCC2CCN(CC(N)=O)CC2O)c1F. The second kappa shape index (κ2) is 11.2. The number of carbonyl (C=O) groups is 1. The maximum atomic E-state index is 15.4. The molecule has 1 aliphatic rings. The van der Waals surface area contributed by atoms with Gasteiger partial charge in [0.2, 0.25) is 11.7 Å². The van der Waals surface area contributed by atoms with Crippen LogP contribution in [0, 0.1) is 11.7 Å². The molecule has 4 rings (SSSR count). The van der Waals surface area contributed by atoms with Gasteiger partial charge in [-0.25, -0.2) is 14.6 Å². The van der Waals surface area contributed by atoms with Crippen LogP contribution in [0.4, 0.5) is 16.0 Å². The minimum absolute atomic E-state index is 0.0903. The topological polar surface area (TPSA) is 125 Å². The van der Waals surface area contributed by atoms with Gasteiger partial charge in [0.1, 0.15) is 6.33 Å². The van der Waals surface area contributed by atoms with Crippen molar-refractivity contribution in [3.63, 3.8) is 0 Å². The molecular formula is C24H31FN8O2. The first kappa shape index (κ1) is 24.6. The number of piperidine rings is 1. The minimum Gasteiger partial charge on any atom is -0.391 e. The third-order valence-electron chi connectivity index (χ3n) is 6.25. The molecule has 2 atom stereocenters. The standard InChI is InChI=1S/C24H31FN8O2/c1-2-32(13-17-4-6-19(7-5-17)33-10-3-9-30-33)24-22(25)23(28-16-29-24)27-12-18-8-11-31(14-20(18)34)15-21(26)35/h3-7,9-10,16,18,20,34H,2,8,11-15H2,1H3,(H2,26,35)(H,27,28,29).